The molecule has 1 amide bonds. The molecule has 2 atom stereocenters. The van der Waals surface area contributed by atoms with Crippen molar-refractivity contribution in [2.75, 3.05) is 39.3 Å². The molecule has 8 nitrogen and oxygen atoms in total. The molecule has 0 radical (unpaired) electrons. The number of allylic oxidation sites excluding steroid dienone is 2. The zero-order valence-corrected chi connectivity index (χ0v) is 18.1. The van der Waals surface area contributed by atoms with Crippen LogP contribution in [0.15, 0.2) is 12.2 Å². The third-order valence-electron chi connectivity index (χ3n) is 5.39. The van der Waals surface area contributed by atoms with Gasteiger partial charge in [-0.3, -0.25) is 14.4 Å². The second kappa shape index (κ2) is 15.0. The van der Waals surface area contributed by atoms with Crippen molar-refractivity contribution < 1.29 is 34.2 Å². The van der Waals surface area contributed by atoms with Crippen LogP contribution in [0.3, 0.4) is 0 Å². The van der Waals surface area contributed by atoms with Gasteiger partial charge in [0.15, 0.2) is 0 Å². The molecule has 0 bridgehead atoms. The molecule has 168 valence electrons. The van der Waals surface area contributed by atoms with Gasteiger partial charge in [0.2, 0.25) is 5.91 Å². The molecule has 0 heterocycles. The number of aliphatic hydroxyl groups excluding tert-OH is 1. The quantitative estimate of drug-likeness (QED) is 0.163. The molecule has 0 aromatic heterocycles. The average Bonchev–Trinajstić information content (AvgIpc) is 2.67. The molecule has 0 saturated carbocycles. The maximum Gasteiger partial charge on any atom is 0.312 e. The topological polar surface area (TPSA) is 124 Å². The summed E-state index contributed by atoms with van der Waals surface area (Å²) in [5, 5.41) is 31.5. The summed E-state index contributed by atoms with van der Waals surface area (Å²) in [6.07, 6.45) is 6.78. The van der Waals surface area contributed by atoms with Crippen LogP contribution < -0.4 is 5.32 Å². The van der Waals surface area contributed by atoms with E-state index >= 15 is 0 Å². The third-order valence-corrected chi connectivity index (χ3v) is 5.39. The Hall–Kier alpha value is -1.93. The normalized spacial score (nSPS) is 15.6. The van der Waals surface area contributed by atoms with Crippen molar-refractivity contribution in [3.63, 3.8) is 0 Å². The lowest BCUT2D eigenvalue weighted by atomic mass is 9.99. The number of quaternary nitrogens is 1. The van der Waals surface area contributed by atoms with Crippen molar-refractivity contribution in [2.24, 2.45) is 11.8 Å². The first-order chi connectivity index (χ1) is 13.7. The second-order valence-electron chi connectivity index (χ2n) is 7.58. The lowest BCUT2D eigenvalue weighted by molar-refractivity contribution is -0.931. The number of aliphatic carboxylic acids is 2. The van der Waals surface area contributed by atoms with Crippen molar-refractivity contribution in [1.29, 1.82) is 0 Å². The third kappa shape index (κ3) is 11.0. The molecule has 0 spiro atoms. The summed E-state index contributed by atoms with van der Waals surface area (Å²) < 4.78 is 0.158. The Morgan fingerprint density at radius 3 is 1.97 bits per heavy atom. The summed E-state index contributed by atoms with van der Waals surface area (Å²) in [5.74, 6) is -3.20. The monoisotopic (exact) mass is 415 g/mol. The molecule has 0 aliphatic rings. The fourth-order valence-electron chi connectivity index (χ4n) is 3.53. The highest BCUT2D eigenvalue weighted by Crippen LogP contribution is 2.19. The number of carbonyl (C=O) groups is 3. The molecule has 8 heteroatoms. The fourth-order valence-corrected chi connectivity index (χ4v) is 3.53. The Morgan fingerprint density at radius 1 is 1.00 bits per heavy atom. The SMILES string of the molecule is C/C=C/CCCC(=O)NCC[N+](CCO)(CC(CC)C(=O)O)CC(CC)C(=O)O. The molecular formula is C21H39N2O6+. The molecule has 0 rings (SSSR count). The van der Waals surface area contributed by atoms with E-state index in [1.807, 2.05) is 19.1 Å². The molecular weight excluding hydrogens is 376 g/mol. The highest BCUT2D eigenvalue weighted by atomic mass is 16.4. The van der Waals surface area contributed by atoms with Crippen LogP contribution >= 0.6 is 0 Å². The number of rotatable bonds is 17. The summed E-state index contributed by atoms with van der Waals surface area (Å²) in [6.45, 7) is 6.74. The maximum absolute atomic E-state index is 12.0. The van der Waals surface area contributed by atoms with Gasteiger partial charge in [0.25, 0.3) is 0 Å². The average molecular weight is 416 g/mol. The molecule has 2 unspecified atom stereocenters. The summed E-state index contributed by atoms with van der Waals surface area (Å²) in [5.41, 5.74) is 0. The molecule has 29 heavy (non-hydrogen) atoms. The molecule has 0 aromatic rings. The van der Waals surface area contributed by atoms with Gasteiger partial charge in [-0.1, -0.05) is 26.0 Å². The van der Waals surface area contributed by atoms with Gasteiger partial charge in [0, 0.05) is 6.42 Å². The van der Waals surface area contributed by atoms with E-state index in [2.05, 4.69) is 5.32 Å². The summed E-state index contributed by atoms with van der Waals surface area (Å²) in [6, 6.07) is 0. The van der Waals surface area contributed by atoms with E-state index in [9.17, 15) is 29.7 Å². The lowest BCUT2D eigenvalue weighted by Crippen LogP contribution is -2.59. The van der Waals surface area contributed by atoms with E-state index in [-0.39, 0.29) is 36.6 Å². The maximum atomic E-state index is 12.0. The number of hydrogen-bond donors (Lipinski definition) is 4. The van der Waals surface area contributed by atoms with Crippen LogP contribution in [0.25, 0.3) is 0 Å². The van der Waals surface area contributed by atoms with Crippen molar-refractivity contribution >= 4 is 17.8 Å². The molecule has 0 saturated heterocycles. The van der Waals surface area contributed by atoms with E-state index < -0.39 is 23.8 Å². The molecule has 0 aliphatic heterocycles. The van der Waals surface area contributed by atoms with E-state index in [1.165, 1.54) is 0 Å². The highest BCUT2D eigenvalue weighted by Gasteiger charge is 2.37. The van der Waals surface area contributed by atoms with Gasteiger partial charge in [0.05, 0.1) is 32.8 Å². The zero-order chi connectivity index (χ0) is 22.3. The number of aliphatic hydroxyl groups is 1. The summed E-state index contributed by atoms with van der Waals surface area (Å²) >= 11 is 0. The van der Waals surface area contributed by atoms with Crippen LogP contribution in [0.5, 0.6) is 0 Å². The van der Waals surface area contributed by atoms with Crippen molar-refractivity contribution in [3.8, 4) is 0 Å². The molecule has 0 fully saturated rings. The number of hydrogen-bond acceptors (Lipinski definition) is 4. The fraction of sp³-hybridized carbons (Fsp3) is 0.762. The van der Waals surface area contributed by atoms with Gasteiger partial charge in [-0.25, -0.2) is 0 Å². The van der Waals surface area contributed by atoms with Crippen LogP contribution in [-0.2, 0) is 14.4 Å². The van der Waals surface area contributed by atoms with Crippen molar-refractivity contribution in [3.05, 3.63) is 12.2 Å². The van der Waals surface area contributed by atoms with Crippen LogP contribution in [0, 0.1) is 11.8 Å². The Kier molecular flexibility index (Phi) is 14.0. The summed E-state index contributed by atoms with van der Waals surface area (Å²) in [4.78, 5) is 35.2. The Bertz CT molecular complexity index is 511. The predicted octanol–water partition coefficient (Wildman–Crippen LogP) is 1.88. The van der Waals surface area contributed by atoms with Gasteiger partial charge in [-0.2, -0.15) is 0 Å². The Morgan fingerprint density at radius 2 is 1.55 bits per heavy atom. The minimum Gasteiger partial charge on any atom is -0.481 e. The van der Waals surface area contributed by atoms with Crippen molar-refractivity contribution in [1.82, 2.24) is 5.32 Å². The van der Waals surface area contributed by atoms with Crippen LogP contribution in [0.2, 0.25) is 0 Å². The highest BCUT2D eigenvalue weighted by molar-refractivity contribution is 5.75. The summed E-state index contributed by atoms with van der Waals surface area (Å²) in [7, 11) is 0. The smallest absolute Gasteiger partial charge is 0.312 e. The second-order valence-corrected chi connectivity index (χ2v) is 7.58. The van der Waals surface area contributed by atoms with Crippen LogP contribution in [0.4, 0.5) is 0 Å². The molecule has 4 N–H and O–H groups in total. The largest absolute Gasteiger partial charge is 0.481 e. The van der Waals surface area contributed by atoms with E-state index in [0.717, 1.165) is 12.8 Å². The van der Waals surface area contributed by atoms with Crippen LogP contribution in [-0.4, -0.2) is 77.0 Å². The minimum absolute atomic E-state index is 0.0767. The van der Waals surface area contributed by atoms with Crippen LogP contribution in [0.1, 0.15) is 52.9 Å². The van der Waals surface area contributed by atoms with Gasteiger partial charge in [-0.15, -0.1) is 0 Å². The van der Waals surface area contributed by atoms with Gasteiger partial charge < -0.3 is 25.1 Å². The van der Waals surface area contributed by atoms with Gasteiger partial charge >= 0.3 is 11.9 Å². The number of carboxylic acids is 2. The number of nitrogens with zero attached hydrogens (tertiary/aromatic N) is 1. The first-order valence-electron chi connectivity index (χ1n) is 10.5. The predicted molar refractivity (Wildman–Crippen MR) is 111 cm³/mol. The van der Waals surface area contributed by atoms with Crippen molar-refractivity contribution in [2.45, 2.75) is 52.9 Å². The lowest BCUT2D eigenvalue weighted by Gasteiger charge is -2.41. The standard InChI is InChI=1S/C21H38N2O6/c1-4-7-8-9-10-19(25)22-11-12-23(13-14-24,15-17(5-2)20(26)27)16-18(6-3)21(28)29/h4,7,17-18,24H,5-6,8-16H2,1-3H3,(H2-,22,25,26,27,28,29)/p+1/b7-4+. The van der Waals surface area contributed by atoms with E-state index in [4.69, 9.17) is 0 Å². The number of amides is 1. The minimum atomic E-state index is -0.927. The number of carboxylic acid groups (broad SMARTS) is 2. The van der Waals surface area contributed by atoms with E-state index in [0.29, 0.717) is 32.4 Å². The first kappa shape index (κ1) is 27.1. The van der Waals surface area contributed by atoms with Gasteiger partial charge in [0.1, 0.15) is 18.4 Å². The Balaban J connectivity index is 5.23. The zero-order valence-electron chi connectivity index (χ0n) is 18.1. The first-order valence-corrected chi connectivity index (χ1v) is 10.5. The molecule has 0 aliphatic carbocycles. The molecule has 0 aromatic carbocycles. The number of nitrogens with one attached hydrogen (secondary N) is 1. The van der Waals surface area contributed by atoms with Gasteiger partial charge in [-0.05, 0) is 32.6 Å². The Labute approximate surface area is 174 Å². The van der Waals surface area contributed by atoms with E-state index in [1.54, 1.807) is 13.8 Å². The number of carbonyl (C=O) groups excluding carboxylic acids is 1. The number of unbranched alkanes of at least 4 members (excludes halogenated alkanes) is 1.